The van der Waals surface area contributed by atoms with Crippen LogP contribution in [0.3, 0.4) is 0 Å². The summed E-state index contributed by atoms with van der Waals surface area (Å²) in [7, 11) is 3.59. The van der Waals surface area contributed by atoms with E-state index in [4.69, 9.17) is 4.74 Å². The fourth-order valence-electron chi connectivity index (χ4n) is 3.28. The number of piperazine rings is 1. The van der Waals surface area contributed by atoms with Crippen LogP contribution < -0.4 is 15.0 Å². The highest BCUT2D eigenvalue weighted by Crippen LogP contribution is 2.16. The Morgan fingerprint density at radius 1 is 1.34 bits per heavy atom. The molecule has 0 spiro atoms. The summed E-state index contributed by atoms with van der Waals surface area (Å²) in [4.78, 5) is 20.7. The summed E-state index contributed by atoms with van der Waals surface area (Å²) in [6.07, 6.45) is 4.43. The molecule has 2 aromatic rings. The van der Waals surface area contributed by atoms with Crippen molar-refractivity contribution in [2.45, 2.75) is 13.3 Å². The van der Waals surface area contributed by atoms with Gasteiger partial charge in [0.2, 0.25) is 5.91 Å². The van der Waals surface area contributed by atoms with Gasteiger partial charge >= 0.3 is 0 Å². The van der Waals surface area contributed by atoms with Gasteiger partial charge in [0.1, 0.15) is 12.3 Å². The third kappa shape index (κ3) is 6.09. The number of aliphatic imine (C=N–C) groups is 1. The summed E-state index contributed by atoms with van der Waals surface area (Å²) in [5, 5.41) is 7.51. The number of guanidine groups is 1. The first-order valence-corrected chi connectivity index (χ1v) is 9.57. The minimum absolute atomic E-state index is 0. The van der Waals surface area contributed by atoms with Gasteiger partial charge in [-0.2, -0.15) is 5.10 Å². The number of hydrogen-bond donors (Lipinski definition) is 1. The van der Waals surface area contributed by atoms with E-state index in [0.717, 1.165) is 36.9 Å². The second kappa shape index (κ2) is 11.0. The summed E-state index contributed by atoms with van der Waals surface area (Å²) in [5.74, 6) is 1.69. The number of rotatable bonds is 6. The number of nitrogens with one attached hydrogen (secondary N) is 1. The molecule has 2 heterocycles. The van der Waals surface area contributed by atoms with E-state index in [2.05, 4.69) is 27.5 Å². The van der Waals surface area contributed by atoms with Crippen LogP contribution in [-0.2, 0) is 18.3 Å². The van der Waals surface area contributed by atoms with Crippen molar-refractivity contribution < 1.29 is 9.53 Å². The molecular weight excluding hydrogens is 483 g/mol. The van der Waals surface area contributed by atoms with Gasteiger partial charge in [0, 0.05) is 39.9 Å². The standard InChI is InChI=1S/C20H28N6O2.HI/c1-4-28-18-7-5-6-16(12-18)8-9-22-20(21-2)25-10-11-26(19(27)15-25)17-13-23-24(3)14-17;/h5-7,12-14H,4,8-11,15H2,1-3H3,(H,21,22);1H. The fourth-order valence-corrected chi connectivity index (χ4v) is 3.28. The van der Waals surface area contributed by atoms with E-state index in [0.29, 0.717) is 19.7 Å². The highest BCUT2D eigenvalue weighted by molar-refractivity contribution is 14.0. The van der Waals surface area contributed by atoms with Gasteiger partial charge in [0.25, 0.3) is 0 Å². The van der Waals surface area contributed by atoms with E-state index in [9.17, 15) is 4.79 Å². The molecule has 29 heavy (non-hydrogen) atoms. The molecule has 0 aliphatic carbocycles. The number of benzene rings is 1. The Kier molecular flexibility index (Phi) is 8.74. The van der Waals surface area contributed by atoms with Crippen LogP contribution in [0.15, 0.2) is 41.7 Å². The van der Waals surface area contributed by atoms with Gasteiger partial charge in [-0.15, -0.1) is 24.0 Å². The van der Waals surface area contributed by atoms with Crippen LogP contribution >= 0.6 is 24.0 Å². The average Bonchev–Trinajstić information content (AvgIpc) is 3.12. The molecule has 0 saturated carbocycles. The van der Waals surface area contributed by atoms with Crippen LogP contribution in [0.1, 0.15) is 12.5 Å². The van der Waals surface area contributed by atoms with Crippen molar-refractivity contribution in [2.24, 2.45) is 12.0 Å². The van der Waals surface area contributed by atoms with E-state index in [1.807, 2.05) is 37.2 Å². The Balaban J connectivity index is 0.00000300. The van der Waals surface area contributed by atoms with Crippen molar-refractivity contribution in [2.75, 3.05) is 44.7 Å². The van der Waals surface area contributed by atoms with Crippen LogP contribution in [0.25, 0.3) is 0 Å². The number of hydrogen-bond acceptors (Lipinski definition) is 4. The van der Waals surface area contributed by atoms with Crippen molar-refractivity contribution >= 4 is 41.5 Å². The number of halogens is 1. The molecule has 0 unspecified atom stereocenters. The summed E-state index contributed by atoms with van der Waals surface area (Å²) in [6, 6.07) is 8.12. The monoisotopic (exact) mass is 512 g/mol. The second-order valence-corrected chi connectivity index (χ2v) is 6.64. The summed E-state index contributed by atoms with van der Waals surface area (Å²) in [5.41, 5.74) is 2.04. The molecule has 1 fully saturated rings. The zero-order valence-corrected chi connectivity index (χ0v) is 19.5. The van der Waals surface area contributed by atoms with E-state index < -0.39 is 0 Å². The summed E-state index contributed by atoms with van der Waals surface area (Å²) < 4.78 is 7.25. The maximum absolute atomic E-state index is 12.6. The molecular formula is C20H29IN6O2. The Morgan fingerprint density at radius 3 is 2.83 bits per heavy atom. The van der Waals surface area contributed by atoms with Crippen molar-refractivity contribution in [3.63, 3.8) is 0 Å². The topological polar surface area (TPSA) is 75.0 Å². The van der Waals surface area contributed by atoms with E-state index in [1.165, 1.54) is 5.56 Å². The number of nitrogens with zero attached hydrogens (tertiary/aromatic N) is 5. The largest absolute Gasteiger partial charge is 0.494 e. The lowest BCUT2D eigenvalue weighted by Gasteiger charge is -2.35. The predicted octanol–water partition coefficient (Wildman–Crippen LogP) is 1.90. The number of carbonyl (C=O) groups excluding carboxylic acids is 1. The zero-order chi connectivity index (χ0) is 19.9. The van der Waals surface area contributed by atoms with Crippen molar-refractivity contribution in [1.82, 2.24) is 20.0 Å². The van der Waals surface area contributed by atoms with Crippen LogP contribution in [0.5, 0.6) is 5.75 Å². The number of aromatic nitrogens is 2. The van der Waals surface area contributed by atoms with E-state index in [1.54, 1.807) is 22.8 Å². The van der Waals surface area contributed by atoms with Gasteiger partial charge in [-0.05, 0) is 31.0 Å². The Morgan fingerprint density at radius 2 is 2.17 bits per heavy atom. The van der Waals surface area contributed by atoms with Crippen molar-refractivity contribution in [3.8, 4) is 5.75 Å². The van der Waals surface area contributed by atoms with Crippen molar-refractivity contribution in [3.05, 3.63) is 42.2 Å². The highest BCUT2D eigenvalue weighted by atomic mass is 127. The number of carbonyl (C=O) groups is 1. The molecule has 1 aromatic carbocycles. The summed E-state index contributed by atoms with van der Waals surface area (Å²) in [6.45, 7) is 5.01. The molecule has 1 aliphatic rings. The molecule has 1 aromatic heterocycles. The molecule has 8 nitrogen and oxygen atoms in total. The van der Waals surface area contributed by atoms with Gasteiger partial charge in [0.05, 0.1) is 18.5 Å². The zero-order valence-electron chi connectivity index (χ0n) is 17.2. The predicted molar refractivity (Wildman–Crippen MR) is 125 cm³/mol. The number of anilines is 1. The highest BCUT2D eigenvalue weighted by Gasteiger charge is 2.27. The van der Waals surface area contributed by atoms with Crippen LogP contribution in [-0.4, -0.2) is 66.4 Å². The van der Waals surface area contributed by atoms with Gasteiger partial charge in [0.15, 0.2) is 5.96 Å². The first-order chi connectivity index (χ1) is 13.6. The molecule has 0 bridgehead atoms. The van der Waals surface area contributed by atoms with Gasteiger partial charge in [-0.1, -0.05) is 12.1 Å². The maximum Gasteiger partial charge on any atom is 0.246 e. The molecule has 1 saturated heterocycles. The fraction of sp³-hybridized carbons (Fsp3) is 0.450. The smallest absolute Gasteiger partial charge is 0.246 e. The molecule has 0 atom stereocenters. The number of amides is 1. The lowest BCUT2D eigenvalue weighted by atomic mass is 10.1. The van der Waals surface area contributed by atoms with Crippen LogP contribution in [0.4, 0.5) is 5.69 Å². The van der Waals surface area contributed by atoms with E-state index in [-0.39, 0.29) is 29.9 Å². The number of aryl methyl sites for hydroxylation is 1. The van der Waals surface area contributed by atoms with E-state index >= 15 is 0 Å². The third-order valence-corrected chi connectivity index (χ3v) is 4.64. The Labute approximate surface area is 188 Å². The number of ether oxygens (including phenoxy) is 1. The van der Waals surface area contributed by atoms with Crippen molar-refractivity contribution in [1.29, 1.82) is 0 Å². The SMILES string of the molecule is CCOc1cccc(CCNC(=NC)N2CCN(c3cnn(C)c3)C(=O)C2)c1.I. The van der Waals surface area contributed by atoms with Gasteiger partial charge in [-0.25, -0.2) is 0 Å². The molecule has 9 heteroatoms. The first kappa shape index (κ1) is 23.0. The second-order valence-electron chi connectivity index (χ2n) is 6.64. The van der Waals surface area contributed by atoms with Gasteiger partial charge < -0.3 is 19.9 Å². The summed E-state index contributed by atoms with van der Waals surface area (Å²) >= 11 is 0. The molecule has 0 radical (unpaired) electrons. The Bertz CT molecular complexity index is 838. The first-order valence-electron chi connectivity index (χ1n) is 9.57. The lowest BCUT2D eigenvalue weighted by molar-refractivity contribution is -0.120. The van der Waals surface area contributed by atoms with Crippen LogP contribution in [0.2, 0.25) is 0 Å². The quantitative estimate of drug-likeness (QED) is 0.364. The average molecular weight is 512 g/mol. The molecule has 1 amide bonds. The minimum atomic E-state index is 0. The lowest BCUT2D eigenvalue weighted by Crippen LogP contribution is -2.55. The molecule has 158 valence electrons. The molecule has 1 aliphatic heterocycles. The molecule has 1 N–H and O–H groups in total. The molecule has 3 rings (SSSR count). The van der Waals surface area contributed by atoms with Gasteiger partial charge in [-0.3, -0.25) is 14.5 Å². The maximum atomic E-state index is 12.6. The third-order valence-electron chi connectivity index (χ3n) is 4.64. The van der Waals surface area contributed by atoms with Crippen LogP contribution in [0, 0.1) is 0 Å². The minimum Gasteiger partial charge on any atom is -0.494 e. The Hall–Kier alpha value is -2.30. The normalized spacial score (nSPS) is 14.6.